The molecule has 2 heteroatoms. The van der Waals surface area contributed by atoms with Crippen LogP contribution in [0.2, 0.25) is 0 Å². The number of hydrogen-bond donors (Lipinski definition) is 2. The van der Waals surface area contributed by atoms with E-state index in [9.17, 15) is 10.2 Å². The molecule has 2 saturated carbocycles. The molecule has 0 spiro atoms. The van der Waals surface area contributed by atoms with Gasteiger partial charge in [-0.25, -0.2) is 0 Å². The van der Waals surface area contributed by atoms with Crippen molar-refractivity contribution in [3.05, 3.63) is 12.2 Å². The fourth-order valence-corrected chi connectivity index (χ4v) is 3.45. The lowest BCUT2D eigenvalue weighted by molar-refractivity contribution is -0.141. The van der Waals surface area contributed by atoms with Gasteiger partial charge in [0.15, 0.2) is 0 Å². The molecule has 0 amide bonds. The Kier molecular flexibility index (Phi) is 2.29. The highest BCUT2D eigenvalue weighted by atomic mass is 16.3. The highest BCUT2D eigenvalue weighted by Crippen LogP contribution is 2.55. The summed E-state index contributed by atoms with van der Waals surface area (Å²) in [5.41, 5.74) is 0.413. The fourth-order valence-electron chi connectivity index (χ4n) is 3.45. The first-order valence-electron chi connectivity index (χ1n) is 5.86. The Morgan fingerprint density at radius 1 is 1.27 bits per heavy atom. The van der Waals surface area contributed by atoms with E-state index >= 15 is 0 Å². The zero-order chi connectivity index (χ0) is 11.4. The van der Waals surface area contributed by atoms with Crippen LogP contribution in [0, 0.1) is 17.3 Å². The number of aliphatic hydroxyl groups is 2. The smallest absolute Gasteiger partial charge is 0.0942 e. The van der Waals surface area contributed by atoms with Gasteiger partial charge >= 0.3 is 0 Å². The van der Waals surface area contributed by atoms with E-state index in [1.807, 2.05) is 0 Å². The zero-order valence-corrected chi connectivity index (χ0v) is 9.95. The van der Waals surface area contributed by atoms with Crippen LogP contribution < -0.4 is 0 Å². The maximum Gasteiger partial charge on any atom is 0.0942 e. The molecule has 86 valence electrons. The molecule has 0 aliphatic heterocycles. The second-order valence-electron chi connectivity index (χ2n) is 6.18. The number of fused-ring (bicyclic) bond motifs is 2. The van der Waals surface area contributed by atoms with Crippen LogP contribution >= 0.6 is 0 Å². The van der Waals surface area contributed by atoms with Crippen molar-refractivity contribution in [2.45, 2.75) is 51.7 Å². The van der Waals surface area contributed by atoms with Gasteiger partial charge in [0.2, 0.25) is 0 Å². The van der Waals surface area contributed by atoms with Crippen LogP contribution in [0.25, 0.3) is 0 Å². The Morgan fingerprint density at radius 3 is 2.47 bits per heavy atom. The first kappa shape index (κ1) is 11.2. The average Bonchev–Trinajstić information content (AvgIpc) is 2.09. The Labute approximate surface area is 92.0 Å². The molecular weight excluding hydrogens is 188 g/mol. The molecule has 4 atom stereocenters. The molecule has 0 saturated heterocycles. The minimum absolute atomic E-state index is 0.0827. The van der Waals surface area contributed by atoms with E-state index in [1.165, 1.54) is 0 Å². The molecule has 2 aliphatic rings. The molecule has 0 aromatic heterocycles. The SMILES string of the molecule is C=C1[C@H]2C[C@@H](O)[C@](C)(O)[C@@H]1CCC2(C)C. The lowest BCUT2D eigenvalue weighted by Crippen LogP contribution is -2.56. The van der Waals surface area contributed by atoms with Crippen molar-refractivity contribution >= 4 is 0 Å². The summed E-state index contributed by atoms with van der Waals surface area (Å²) >= 11 is 0. The van der Waals surface area contributed by atoms with Crippen molar-refractivity contribution in [3.63, 3.8) is 0 Å². The Bertz CT molecular complexity index is 287. The second-order valence-corrected chi connectivity index (χ2v) is 6.18. The molecule has 2 nitrogen and oxygen atoms in total. The van der Waals surface area contributed by atoms with E-state index in [0.29, 0.717) is 12.3 Å². The quantitative estimate of drug-likeness (QED) is 0.601. The molecule has 2 N–H and O–H groups in total. The molecule has 2 bridgehead atoms. The largest absolute Gasteiger partial charge is 0.390 e. The van der Waals surface area contributed by atoms with Gasteiger partial charge in [0.1, 0.15) is 0 Å². The summed E-state index contributed by atoms with van der Waals surface area (Å²) in [6.45, 7) is 10.4. The minimum Gasteiger partial charge on any atom is -0.390 e. The third kappa shape index (κ3) is 1.46. The summed E-state index contributed by atoms with van der Waals surface area (Å²) in [4.78, 5) is 0. The van der Waals surface area contributed by atoms with Crippen molar-refractivity contribution in [3.8, 4) is 0 Å². The summed E-state index contributed by atoms with van der Waals surface area (Å²) in [6, 6.07) is 0. The van der Waals surface area contributed by atoms with Gasteiger partial charge in [-0.3, -0.25) is 0 Å². The van der Waals surface area contributed by atoms with Crippen LogP contribution in [0.1, 0.15) is 40.0 Å². The summed E-state index contributed by atoms with van der Waals surface area (Å²) in [5.74, 6) is 0.450. The average molecular weight is 210 g/mol. The van der Waals surface area contributed by atoms with E-state index in [-0.39, 0.29) is 11.3 Å². The molecule has 2 fully saturated rings. The van der Waals surface area contributed by atoms with Gasteiger partial charge in [0, 0.05) is 5.92 Å². The normalized spacial score (nSPS) is 49.1. The molecule has 2 aliphatic carbocycles. The van der Waals surface area contributed by atoms with Crippen molar-refractivity contribution < 1.29 is 10.2 Å². The maximum atomic E-state index is 10.3. The van der Waals surface area contributed by atoms with Crippen LogP contribution in [0.5, 0.6) is 0 Å². The highest BCUT2D eigenvalue weighted by Gasteiger charge is 2.53. The maximum absolute atomic E-state index is 10.3. The van der Waals surface area contributed by atoms with Crippen LogP contribution in [-0.4, -0.2) is 21.9 Å². The van der Waals surface area contributed by atoms with Gasteiger partial charge in [-0.15, -0.1) is 0 Å². The van der Waals surface area contributed by atoms with Crippen molar-refractivity contribution in [2.24, 2.45) is 17.3 Å². The van der Waals surface area contributed by atoms with Gasteiger partial charge in [-0.2, -0.15) is 0 Å². The molecule has 0 radical (unpaired) electrons. The van der Waals surface area contributed by atoms with E-state index in [2.05, 4.69) is 20.4 Å². The molecule has 0 aromatic rings. The van der Waals surface area contributed by atoms with Crippen LogP contribution in [0.15, 0.2) is 12.2 Å². The zero-order valence-electron chi connectivity index (χ0n) is 9.95. The molecule has 2 rings (SSSR count). The van der Waals surface area contributed by atoms with E-state index < -0.39 is 11.7 Å². The lowest BCUT2D eigenvalue weighted by atomic mass is 9.53. The first-order chi connectivity index (χ1) is 6.77. The summed E-state index contributed by atoms with van der Waals surface area (Å²) in [6.07, 6.45) is 2.13. The van der Waals surface area contributed by atoms with Crippen molar-refractivity contribution in [1.29, 1.82) is 0 Å². The van der Waals surface area contributed by atoms with Crippen molar-refractivity contribution in [1.82, 2.24) is 0 Å². The molecule has 15 heavy (non-hydrogen) atoms. The summed E-state index contributed by atoms with van der Waals surface area (Å²) in [7, 11) is 0. The molecular formula is C13H22O2. The van der Waals surface area contributed by atoms with Gasteiger partial charge in [0.25, 0.3) is 0 Å². The van der Waals surface area contributed by atoms with Crippen molar-refractivity contribution in [2.75, 3.05) is 0 Å². The highest BCUT2D eigenvalue weighted by molar-refractivity contribution is 5.23. The lowest BCUT2D eigenvalue weighted by Gasteiger charge is -2.55. The summed E-state index contributed by atoms with van der Waals surface area (Å²) in [5, 5.41) is 20.3. The predicted molar refractivity (Wildman–Crippen MR) is 60.4 cm³/mol. The first-order valence-corrected chi connectivity index (χ1v) is 5.86. The van der Waals surface area contributed by atoms with Crippen LogP contribution in [0.3, 0.4) is 0 Å². The minimum atomic E-state index is -0.968. The van der Waals surface area contributed by atoms with Gasteiger partial charge in [0.05, 0.1) is 11.7 Å². The molecule has 0 heterocycles. The Morgan fingerprint density at radius 2 is 1.87 bits per heavy atom. The Hall–Kier alpha value is -0.340. The van der Waals surface area contributed by atoms with Gasteiger partial charge < -0.3 is 10.2 Å². The molecule has 0 unspecified atom stereocenters. The standard InChI is InChI=1S/C13H22O2/c1-8-9-5-6-12(2,3)10(8)7-11(14)13(9,4)15/h9-11,14-15H,1,5-7H2,2-4H3/t9-,10-,11-,13-/m1/s1. The third-order valence-corrected chi connectivity index (χ3v) is 4.75. The monoisotopic (exact) mass is 210 g/mol. The number of rotatable bonds is 0. The van der Waals surface area contributed by atoms with E-state index in [4.69, 9.17) is 0 Å². The fraction of sp³-hybridized carbons (Fsp3) is 0.846. The van der Waals surface area contributed by atoms with E-state index in [0.717, 1.165) is 18.4 Å². The van der Waals surface area contributed by atoms with Crippen LogP contribution in [-0.2, 0) is 0 Å². The summed E-state index contributed by atoms with van der Waals surface area (Å²) < 4.78 is 0. The van der Waals surface area contributed by atoms with E-state index in [1.54, 1.807) is 6.92 Å². The second kappa shape index (κ2) is 3.08. The van der Waals surface area contributed by atoms with Gasteiger partial charge in [-0.1, -0.05) is 26.0 Å². The Balaban J connectivity index is 2.35. The third-order valence-electron chi connectivity index (χ3n) is 4.75. The predicted octanol–water partition coefficient (Wildman–Crippen LogP) is 2.11. The number of hydrogen-bond acceptors (Lipinski definition) is 2. The number of aliphatic hydroxyl groups excluding tert-OH is 1. The molecule has 0 aromatic carbocycles. The van der Waals surface area contributed by atoms with Crippen LogP contribution in [0.4, 0.5) is 0 Å². The topological polar surface area (TPSA) is 40.5 Å². The van der Waals surface area contributed by atoms with Gasteiger partial charge in [-0.05, 0) is 37.5 Å².